The largest absolute Gasteiger partial charge is 0.368 e. The number of hydrogen-bond donors (Lipinski definition) is 2. The molecule has 0 aliphatic heterocycles. The van der Waals surface area contributed by atoms with E-state index in [0.717, 1.165) is 17.3 Å². The molecule has 0 fully saturated rings. The van der Waals surface area contributed by atoms with Crippen LogP contribution in [0.25, 0.3) is 11.2 Å². The molecule has 3 N–H and O–H groups in total. The fourth-order valence-electron chi connectivity index (χ4n) is 1.61. The molecule has 0 bridgehead atoms. The monoisotopic (exact) mass is 258 g/mol. The molecule has 18 heavy (non-hydrogen) atoms. The molecular weight excluding hydrogens is 248 g/mol. The molecule has 3 rings (SSSR count). The summed E-state index contributed by atoms with van der Waals surface area (Å²) in [7, 11) is 0. The van der Waals surface area contributed by atoms with Gasteiger partial charge in [-0.15, -0.1) is 0 Å². The lowest BCUT2D eigenvalue weighted by atomic mass is 10.2. The van der Waals surface area contributed by atoms with E-state index in [1.54, 1.807) is 0 Å². The minimum absolute atomic E-state index is 0.200. The van der Waals surface area contributed by atoms with Crippen molar-refractivity contribution < 1.29 is 0 Å². The molecule has 0 atom stereocenters. The Hall–Kier alpha value is -2.28. The molecule has 6 nitrogen and oxygen atoms in total. The third-order valence-corrected chi connectivity index (χ3v) is 2.96. The number of fused-ring (bicyclic) bond motifs is 1. The highest BCUT2D eigenvalue weighted by Gasteiger charge is 2.09. The lowest BCUT2D eigenvalue weighted by Crippen LogP contribution is -2.05. The van der Waals surface area contributed by atoms with E-state index in [9.17, 15) is 0 Å². The van der Waals surface area contributed by atoms with E-state index in [2.05, 4.69) is 24.0 Å². The Balaban J connectivity index is 1.88. The predicted octanol–water partition coefficient (Wildman–Crippen LogP) is 1.68. The topological polar surface area (TPSA) is 89.6 Å². The number of hydrogen-bond acceptors (Lipinski definition) is 7. The van der Waals surface area contributed by atoms with E-state index < -0.39 is 0 Å². The van der Waals surface area contributed by atoms with Crippen LogP contribution >= 0.6 is 11.7 Å². The highest BCUT2D eigenvalue weighted by molar-refractivity contribution is 7.00. The Labute approximate surface area is 107 Å². The second kappa shape index (κ2) is 4.53. The highest BCUT2D eigenvalue weighted by atomic mass is 32.1. The maximum atomic E-state index is 5.63. The first kappa shape index (κ1) is 10.8. The van der Waals surface area contributed by atoms with Crippen molar-refractivity contribution in [2.24, 2.45) is 0 Å². The van der Waals surface area contributed by atoms with Crippen LogP contribution in [0.1, 0.15) is 5.56 Å². The molecule has 0 radical (unpaired) electrons. The maximum Gasteiger partial charge on any atom is 0.224 e. The Morgan fingerprint density at radius 1 is 1.11 bits per heavy atom. The molecule has 3 aromatic rings. The summed E-state index contributed by atoms with van der Waals surface area (Å²) < 4.78 is 8.21. The van der Waals surface area contributed by atoms with Crippen molar-refractivity contribution >= 4 is 34.7 Å². The minimum atomic E-state index is 0.200. The average Bonchev–Trinajstić information content (AvgIpc) is 2.85. The summed E-state index contributed by atoms with van der Waals surface area (Å²) in [4.78, 5) is 8.16. The summed E-state index contributed by atoms with van der Waals surface area (Å²) in [5, 5.41) is 3.20. The van der Waals surface area contributed by atoms with Gasteiger partial charge in [0, 0.05) is 6.54 Å². The zero-order valence-electron chi connectivity index (χ0n) is 9.37. The van der Waals surface area contributed by atoms with Crippen molar-refractivity contribution in [2.75, 3.05) is 11.1 Å². The molecule has 90 valence electrons. The number of benzene rings is 1. The highest BCUT2D eigenvalue weighted by Crippen LogP contribution is 2.19. The van der Waals surface area contributed by atoms with Crippen LogP contribution in [-0.4, -0.2) is 18.7 Å². The second-order valence-electron chi connectivity index (χ2n) is 3.71. The first-order chi connectivity index (χ1) is 8.83. The summed E-state index contributed by atoms with van der Waals surface area (Å²) in [6.45, 7) is 0.657. The summed E-state index contributed by atoms with van der Waals surface area (Å²) in [5.41, 5.74) is 7.97. The Kier molecular flexibility index (Phi) is 2.73. The summed E-state index contributed by atoms with van der Waals surface area (Å²) >= 11 is 1.10. The van der Waals surface area contributed by atoms with E-state index in [1.807, 2.05) is 30.3 Å². The Morgan fingerprint density at radius 2 is 1.94 bits per heavy atom. The molecule has 0 saturated heterocycles. The zero-order valence-corrected chi connectivity index (χ0v) is 10.2. The van der Waals surface area contributed by atoms with Crippen LogP contribution < -0.4 is 11.1 Å². The van der Waals surface area contributed by atoms with Crippen LogP contribution in [0.15, 0.2) is 30.3 Å². The predicted molar refractivity (Wildman–Crippen MR) is 71.2 cm³/mol. The van der Waals surface area contributed by atoms with Crippen molar-refractivity contribution in [2.45, 2.75) is 6.54 Å². The van der Waals surface area contributed by atoms with Crippen LogP contribution in [0.5, 0.6) is 0 Å². The summed E-state index contributed by atoms with van der Waals surface area (Å²) in [5.74, 6) is 0.820. The van der Waals surface area contributed by atoms with Crippen molar-refractivity contribution in [1.29, 1.82) is 0 Å². The van der Waals surface area contributed by atoms with E-state index >= 15 is 0 Å². The molecule has 0 amide bonds. The fraction of sp³-hybridized carbons (Fsp3) is 0.0909. The van der Waals surface area contributed by atoms with E-state index in [4.69, 9.17) is 5.73 Å². The SMILES string of the molecule is Nc1nc(NCc2ccccc2)c2nsnc2n1. The molecular formula is C11H10N6S. The van der Waals surface area contributed by atoms with Gasteiger partial charge in [0.25, 0.3) is 0 Å². The minimum Gasteiger partial charge on any atom is -0.368 e. The van der Waals surface area contributed by atoms with Crippen molar-refractivity contribution in [1.82, 2.24) is 18.7 Å². The van der Waals surface area contributed by atoms with Crippen LogP contribution in [0, 0.1) is 0 Å². The van der Waals surface area contributed by atoms with E-state index in [0.29, 0.717) is 23.5 Å². The van der Waals surface area contributed by atoms with Gasteiger partial charge in [0.1, 0.15) is 0 Å². The molecule has 1 aromatic carbocycles. The van der Waals surface area contributed by atoms with Gasteiger partial charge < -0.3 is 11.1 Å². The number of nitrogen functional groups attached to an aromatic ring is 1. The number of nitrogens with two attached hydrogens (primary N) is 1. The summed E-state index contributed by atoms with van der Waals surface area (Å²) in [6.07, 6.45) is 0. The Bertz CT molecular complexity index is 666. The van der Waals surface area contributed by atoms with Crippen molar-refractivity contribution in [3.05, 3.63) is 35.9 Å². The zero-order chi connectivity index (χ0) is 12.4. The number of nitrogens with one attached hydrogen (secondary N) is 1. The normalized spacial score (nSPS) is 10.7. The van der Waals surface area contributed by atoms with Gasteiger partial charge in [-0.25, -0.2) is 0 Å². The molecule has 0 spiro atoms. The molecule has 2 aromatic heterocycles. The van der Waals surface area contributed by atoms with Crippen molar-refractivity contribution in [3.63, 3.8) is 0 Å². The third-order valence-electron chi connectivity index (χ3n) is 2.45. The van der Waals surface area contributed by atoms with Gasteiger partial charge in [-0.3, -0.25) is 0 Å². The van der Waals surface area contributed by atoms with Gasteiger partial charge in [-0.05, 0) is 5.56 Å². The first-order valence-electron chi connectivity index (χ1n) is 5.36. The van der Waals surface area contributed by atoms with E-state index in [-0.39, 0.29) is 5.95 Å². The number of rotatable bonds is 3. The molecule has 2 heterocycles. The van der Waals surface area contributed by atoms with Crippen molar-refractivity contribution in [3.8, 4) is 0 Å². The fourth-order valence-corrected chi connectivity index (χ4v) is 2.11. The number of nitrogens with zero attached hydrogens (tertiary/aromatic N) is 4. The van der Waals surface area contributed by atoms with Crippen LogP contribution in [-0.2, 0) is 6.54 Å². The van der Waals surface area contributed by atoms with Gasteiger partial charge in [0.2, 0.25) is 11.6 Å². The molecule has 0 saturated carbocycles. The summed E-state index contributed by atoms with van der Waals surface area (Å²) in [6, 6.07) is 10.0. The number of anilines is 2. The van der Waals surface area contributed by atoms with Crippen LogP contribution in [0.3, 0.4) is 0 Å². The quantitative estimate of drug-likeness (QED) is 0.742. The lowest BCUT2D eigenvalue weighted by Gasteiger charge is -2.06. The smallest absolute Gasteiger partial charge is 0.224 e. The second-order valence-corrected chi connectivity index (χ2v) is 4.23. The van der Waals surface area contributed by atoms with E-state index in [1.165, 1.54) is 0 Å². The van der Waals surface area contributed by atoms with Crippen LogP contribution in [0.4, 0.5) is 11.8 Å². The standard InChI is InChI=1S/C11H10N6S/c12-11-14-9(8-10(15-11)17-18-16-8)13-6-7-4-2-1-3-5-7/h1-5H,6H2,(H3,12,13,14,15,17). The Morgan fingerprint density at radius 3 is 2.78 bits per heavy atom. The van der Waals surface area contributed by atoms with Gasteiger partial charge >= 0.3 is 0 Å². The molecule has 0 unspecified atom stereocenters. The lowest BCUT2D eigenvalue weighted by molar-refractivity contribution is 1.10. The van der Waals surface area contributed by atoms with Gasteiger partial charge in [0.05, 0.1) is 11.7 Å². The van der Waals surface area contributed by atoms with Crippen LogP contribution in [0.2, 0.25) is 0 Å². The van der Waals surface area contributed by atoms with Gasteiger partial charge in [0.15, 0.2) is 11.3 Å². The maximum absolute atomic E-state index is 5.63. The molecule has 0 aliphatic rings. The first-order valence-corrected chi connectivity index (χ1v) is 6.09. The average molecular weight is 258 g/mol. The molecule has 7 heteroatoms. The molecule has 0 aliphatic carbocycles. The van der Waals surface area contributed by atoms with Gasteiger partial charge in [-0.1, -0.05) is 30.3 Å². The van der Waals surface area contributed by atoms with Gasteiger partial charge in [-0.2, -0.15) is 18.7 Å². The third kappa shape index (κ3) is 2.07. The number of aromatic nitrogens is 4.